The van der Waals surface area contributed by atoms with Gasteiger partial charge in [-0.05, 0) is 12.8 Å². The molecular formula is C16H28N2O3. The van der Waals surface area contributed by atoms with E-state index in [9.17, 15) is 9.59 Å². The number of hydrogen-bond acceptors (Lipinski definition) is 3. The standard InChI is InChI=1S/C16H28N2O3/c1-5-10-21-11-8-17-14(19)13-7-6-9-18(12-13)15(20)16(2,3)4/h5,13H,1,6-12H2,2-4H3,(H,17,19). The van der Waals surface area contributed by atoms with Gasteiger partial charge in [-0.2, -0.15) is 0 Å². The van der Waals surface area contributed by atoms with Gasteiger partial charge in [0.2, 0.25) is 11.8 Å². The van der Waals surface area contributed by atoms with E-state index in [-0.39, 0.29) is 17.7 Å². The summed E-state index contributed by atoms with van der Waals surface area (Å²) in [6.45, 7) is 12.0. The molecule has 0 aromatic carbocycles. The predicted molar refractivity (Wildman–Crippen MR) is 82.8 cm³/mol. The van der Waals surface area contributed by atoms with Crippen LogP contribution in [-0.2, 0) is 14.3 Å². The highest BCUT2D eigenvalue weighted by Crippen LogP contribution is 2.23. The third-order valence-electron chi connectivity index (χ3n) is 3.50. The molecule has 120 valence electrons. The number of nitrogens with one attached hydrogen (secondary N) is 1. The molecule has 0 aliphatic carbocycles. The Labute approximate surface area is 127 Å². The fourth-order valence-corrected chi connectivity index (χ4v) is 2.41. The number of carbonyl (C=O) groups is 2. The molecule has 2 amide bonds. The molecular weight excluding hydrogens is 268 g/mol. The molecule has 0 aromatic rings. The molecule has 0 saturated carbocycles. The summed E-state index contributed by atoms with van der Waals surface area (Å²) in [5.41, 5.74) is -0.392. The molecule has 1 aliphatic rings. The highest BCUT2D eigenvalue weighted by Gasteiger charge is 2.33. The Kier molecular flexibility index (Phi) is 6.89. The highest BCUT2D eigenvalue weighted by molar-refractivity contribution is 5.83. The summed E-state index contributed by atoms with van der Waals surface area (Å²) in [5, 5.41) is 2.87. The maximum atomic E-state index is 12.3. The van der Waals surface area contributed by atoms with E-state index >= 15 is 0 Å². The summed E-state index contributed by atoms with van der Waals surface area (Å²) >= 11 is 0. The Morgan fingerprint density at radius 3 is 2.76 bits per heavy atom. The molecule has 1 fully saturated rings. The van der Waals surface area contributed by atoms with Crippen LogP contribution in [0.5, 0.6) is 0 Å². The van der Waals surface area contributed by atoms with Gasteiger partial charge in [-0.3, -0.25) is 9.59 Å². The minimum Gasteiger partial charge on any atom is -0.376 e. The van der Waals surface area contributed by atoms with Gasteiger partial charge in [-0.1, -0.05) is 26.8 Å². The summed E-state index contributed by atoms with van der Waals surface area (Å²) in [5.74, 6) is 0.0300. The van der Waals surface area contributed by atoms with Gasteiger partial charge in [0.05, 0.1) is 19.1 Å². The van der Waals surface area contributed by atoms with Crippen LogP contribution < -0.4 is 5.32 Å². The minimum atomic E-state index is -0.392. The zero-order chi connectivity index (χ0) is 15.9. The van der Waals surface area contributed by atoms with Crippen molar-refractivity contribution >= 4 is 11.8 Å². The van der Waals surface area contributed by atoms with Crippen molar-refractivity contribution in [2.24, 2.45) is 11.3 Å². The lowest BCUT2D eigenvalue weighted by atomic mass is 9.91. The van der Waals surface area contributed by atoms with E-state index in [2.05, 4.69) is 11.9 Å². The number of hydrogen-bond donors (Lipinski definition) is 1. The van der Waals surface area contributed by atoms with E-state index in [1.54, 1.807) is 6.08 Å². The van der Waals surface area contributed by atoms with Gasteiger partial charge >= 0.3 is 0 Å². The van der Waals surface area contributed by atoms with Crippen molar-refractivity contribution in [3.63, 3.8) is 0 Å². The third kappa shape index (κ3) is 5.87. The molecule has 5 nitrogen and oxygen atoms in total. The average Bonchev–Trinajstić information content (AvgIpc) is 2.45. The van der Waals surface area contributed by atoms with E-state index in [0.717, 1.165) is 19.4 Å². The lowest BCUT2D eigenvalue weighted by Gasteiger charge is -2.35. The molecule has 0 radical (unpaired) electrons. The molecule has 1 rings (SSSR count). The Hall–Kier alpha value is -1.36. The van der Waals surface area contributed by atoms with Gasteiger partial charge in [0.1, 0.15) is 0 Å². The molecule has 1 N–H and O–H groups in total. The first-order valence-corrected chi connectivity index (χ1v) is 7.62. The Morgan fingerprint density at radius 2 is 2.14 bits per heavy atom. The Morgan fingerprint density at radius 1 is 1.43 bits per heavy atom. The second-order valence-corrected chi connectivity index (χ2v) is 6.49. The summed E-state index contributed by atoms with van der Waals surface area (Å²) in [6, 6.07) is 0. The van der Waals surface area contributed by atoms with Crippen LogP contribution >= 0.6 is 0 Å². The van der Waals surface area contributed by atoms with Crippen molar-refractivity contribution in [2.75, 3.05) is 32.8 Å². The van der Waals surface area contributed by atoms with Gasteiger partial charge < -0.3 is 15.0 Å². The lowest BCUT2D eigenvalue weighted by Crippen LogP contribution is -2.49. The van der Waals surface area contributed by atoms with E-state index < -0.39 is 5.41 Å². The molecule has 5 heteroatoms. The van der Waals surface area contributed by atoms with Crippen molar-refractivity contribution in [1.82, 2.24) is 10.2 Å². The fraction of sp³-hybridized carbons (Fsp3) is 0.750. The van der Waals surface area contributed by atoms with Crippen molar-refractivity contribution in [2.45, 2.75) is 33.6 Å². The van der Waals surface area contributed by atoms with E-state index in [1.807, 2.05) is 25.7 Å². The van der Waals surface area contributed by atoms with Crippen LogP contribution in [-0.4, -0.2) is 49.6 Å². The molecule has 1 heterocycles. The van der Waals surface area contributed by atoms with Crippen LogP contribution in [0.1, 0.15) is 33.6 Å². The minimum absolute atomic E-state index is 0.0172. The van der Waals surface area contributed by atoms with Crippen LogP contribution in [0.2, 0.25) is 0 Å². The molecule has 1 aliphatic heterocycles. The quantitative estimate of drug-likeness (QED) is 0.598. The second-order valence-electron chi connectivity index (χ2n) is 6.49. The first kappa shape index (κ1) is 17.7. The number of piperidine rings is 1. The van der Waals surface area contributed by atoms with Crippen molar-refractivity contribution in [3.05, 3.63) is 12.7 Å². The van der Waals surface area contributed by atoms with Gasteiger partial charge in [-0.25, -0.2) is 0 Å². The fourth-order valence-electron chi connectivity index (χ4n) is 2.41. The van der Waals surface area contributed by atoms with Crippen LogP contribution in [0.25, 0.3) is 0 Å². The Balaban J connectivity index is 2.39. The zero-order valence-electron chi connectivity index (χ0n) is 13.5. The maximum Gasteiger partial charge on any atom is 0.227 e. The van der Waals surface area contributed by atoms with Crippen LogP contribution in [0.4, 0.5) is 0 Å². The monoisotopic (exact) mass is 296 g/mol. The normalized spacial score (nSPS) is 19.2. The number of likely N-dealkylation sites (tertiary alicyclic amines) is 1. The van der Waals surface area contributed by atoms with Gasteiger partial charge in [0.25, 0.3) is 0 Å². The SMILES string of the molecule is C=CCOCCNC(=O)C1CCCN(C(=O)C(C)(C)C)C1. The molecule has 1 saturated heterocycles. The van der Waals surface area contributed by atoms with Crippen LogP contribution in [0.3, 0.4) is 0 Å². The van der Waals surface area contributed by atoms with E-state index in [4.69, 9.17) is 4.74 Å². The van der Waals surface area contributed by atoms with E-state index in [0.29, 0.717) is 26.3 Å². The lowest BCUT2D eigenvalue weighted by molar-refractivity contribution is -0.142. The van der Waals surface area contributed by atoms with Crippen molar-refractivity contribution in [3.8, 4) is 0 Å². The maximum absolute atomic E-state index is 12.3. The van der Waals surface area contributed by atoms with Crippen molar-refractivity contribution < 1.29 is 14.3 Å². The summed E-state index contributed by atoms with van der Waals surface area (Å²) in [4.78, 5) is 26.2. The van der Waals surface area contributed by atoms with Crippen LogP contribution in [0.15, 0.2) is 12.7 Å². The second kappa shape index (κ2) is 8.17. The molecule has 1 unspecified atom stereocenters. The molecule has 1 atom stereocenters. The van der Waals surface area contributed by atoms with E-state index in [1.165, 1.54) is 0 Å². The Bertz CT molecular complexity index is 374. The predicted octanol–water partition coefficient (Wildman–Crippen LogP) is 1.59. The summed E-state index contributed by atoms with van der Waals surface area (Å²) in [7, 11) is 0. The first-order chi connectivity index (χ1) is 9.86. The van der Waals surface area contributed by atoms with Gasteiger partial charge in [0.15, 0.2) is 0 Å². The smallest absolute Gasteiger partial charge is 0.227 e. The third-order valence-corrected chi connectivity index (χ3v) is 3.50. The average molecular weight is 296 g/mol. The van der Waals surface area contributed by atoms with Crippen LogP contribution in [0, 0.1) is 11.3 Å². The number of nitrogens with zero attached hydrogens (tertiary/aromatic N) is 1. The summed E-state index contributed by atoms with van der Waals surface area (Å²) < 4.78 is 5.23. The number of rotatable bonds is 6. The number of ether oxygens (including phenoxy) is 1. The first-order valence-electron chi connectivity index (χ1n) is 7.62. The van der Waals surface area contributed by atoms with Crippen molar-refractivity contribution in [1.29, 1.82) is 0 Å². The topological polar surface area (TPSA) is 58.6 Å². The molecule has 0 aromatic heterocycles. The zero-order valence-corrected chi connectivity index (χ0v) is 13.5. The molecule has 0 bridgehead atoms. The molecule has 21 heavy (non-hydrogen) atoms. The van der Waals surface area contributed by atoms with Gasteiger partial charge in [-0.15, -0.1) is 6.58 Å². The summed E-state index contributed by atoms with van der Waals surface area (Å²) in [6.07, 6.45) is 3.40. The largest absolute Gasteiger partial charge is 0.376 e. The number of amides is 2. The highest BCUT2D eigenvalue weighted by atomic mass is 16.5. The number of carbonyl (C=O) groups excluding carboxylic acids is 2. The van der Waals surface area contributed by atoms with Gasteiger partial charge in [0, 0.05) is 25.0 Å². The molecule has 0 spiro atoms.